The third-order valence-electron chi connectivity index (χ3n) is 6.13. The number of carbonyl (C=O) groups is 2. The molecule has 2 amide bonds. The number of carbonyl (C=O) groups excluding carboxylic acids is 2. The van der Waals surface area contributed by atoms with Crippen molar-refractivity contribution in [2.24, 2.45) is 5.73 Å². The number of aliphatic hydroxyl groups is 1. The summed E-state index contributed by atoms with van der Waals surface area (Å²) in [4.78, 5) is 38.2. The highest BCUT2D eigenvalue weighted by atomic mass is 19.4. The van der Waals surface area contributed by atoms with E-state index in [4.69, 9.17) is 5.73 Å². The zero-order chi connectivity index (χ0) is 26.4. The highest BCUT2D eigenvalue weighted by Crippen LogP contribution is 2.30. The fraction of sp³-hybridized carbons (Fsp3) is 0.455. The van der Waals surface area contributed by atoms with Crippen LogP contribution in [0.1, 0.15) is 47.3 Å². The third-order valence-corrected chi connectivity index (χ3v) is 6.13. The largest absolute Gasteiger partial charge is 0.434 e. The van der Waals surface area contributed by atoms with Gasteiger partial charge in [0.1, 0.15) is 18.6 Å². The first-order valence-corrected chi connectivity index (χ1v) is 11.2. The van der Waals surface area contributed by atoms with Crippen LogP contribution in [0.3, 0.4) is 0 Å². The number of pyridine rings is 1. The standard InChI is InChI=1S/C22H25F3N8O3/c1-10-6-13-18(20(26)35)31-32(19(13)12(3)28-10)9-17(34)33-11(2)4-5-14(33)21(36)30-16-8-27-7-15(29-16)22(23,24)25/h6-8,11,14,21,36H,4-5,9H2,1-3H3,(H2,26,35)(H,29,30)/t11-,14+,21?/m1/s1. The number of nitrogens with one attached hydrogen (secondary N) is 1. The molecule has 3 aromatic heterocycles. The quantitative estimate of drug-likeness (QED) is 0.428. The molecule has 36 heavy (non-hydrogen) atoms. The monoisotopic (exact) mass is 506 g/mol. The Morgan fingerprint density at radius 1 is 1.25 bits per heavy atom. The second-order valence-corrected chi connectivity index (χ2v) is 8.79. The van der Waals surface area contributed by atoms with E-state index < -0.39 is 36.0 Å². The number of likely N-dealkylation sites (tertiary alicyclic amines) is 1. The van der Waals surface area contributed by atoms with Gasteiger partial charge >= 0.3 is 6.18 Å². The number of alkyl halides is 3. The number of halogens is 3. The van der Waals surface area contributed by atoms with Crippen LogP contribution in [-0.4, -0.2) is 64.9 Å². The molecule has 1 unspecified atom stereocenters. The second kappa shape index (κ2) is 9.33. The first kappa shape index (κ1) is 25.3. The molecule has 1 aliphatic heterocycles. The fourth-order valence-corrected chi connectivity index (χ4v) is 4.64. The molecule has 0 radical (unpaired) electrons. The van der Waals surface area contributed by atoms with E-state index in [1.165, 1.54) is 9.58 Å². The number of nitrogens with two attached hydrogens (primary N) is 1. The number of nitrogens with zero attached hydrogens (tertiary/aromatic N) is 6. The molecular weight excluding hydrogens is 481 g/mol. The van der Waals surface area contributed by atoms with Gasteiger partial charge in [-0.1, -0.05) is 0 Å². The van der Waals surface area contributed by atoms with Crippen LogP contribution in [0.4, 0.5) is 19.0 Å². The number of fused-ring (bicyclic) bond motifs is 1. The number of aliphatic hydroxyl groups excluding tert-OH is 1. The predicted molar refractivity (Wildman–Crippen MR) is 122 cm³/mol. The minimum absolute atomic E-state index is 0.0160. The minimum atomic E-state index is -4.69. The summed E-state index contributed by atoms with van der Waals surface area (Å²) >= 11 is 0. The van der Waals surface area contributed by atoms with Gasteiger partial charge in [0.25, 0.3) is 5.91 Å². The summed E-state index contributed by atoms with van der Waals surface area (Å²) in [5.74, 6) is -1.42. The van der Waals surface area contributed by atoms with Crippen LogP contribution in [-0.2, 0) is 17.5 Å². The number of amides is 2. The van der Waals surface area contributed by atoms with Crippen molar-refractivity contribution in [3.8, 4) is 0 Å². The molecule has 4 heterocycles. The lowest BCUT2D eigenvalue weighted by molar-refractivity contribution is -0.141. The van der Waals surface area contributed by atoms with Crippen LogP contribution < -0.4 is 11.1 Å². The van der Waals surface area contributed by atoms with Gasteiger partial charge in [-0.2, -0.15) is 18.3 Å². The number of hydrogen-bond acceptors (Lipinski definition) is 8. The van der Waals surface area contributed by atoms with E-state index in [0.717, 1.165) is 6.20 Å². The van der Waals surface area contributed by atoms with E-state index >= 15 is 0 Å². The zero-order valence-electron chi connectivity index (χ0n) is 19.7. The molecule has 1 saturated heterocycles. The zero-order valence-corrected chi connectivity index (χ0v) is 19.7. The Bertz CT molecular complexity index is 1330. The van der Waals surface area contributed by atoms with Gasteiger partial charge in [0.15, 0.2) is 11.4 Å². The summed E-state index contributed by atoms with van der Waals surface area (Å²) < 4.78 is 40.2. The molecule has 0 saturated carbocycles. The molecule has 14 heteroatoms. The van der Waals surface area contributed by atoms with E-state index in [2.05, 4.69) is 25.4 Å². The average Bonchev–Trinajstić information content (AvgIpc) is 3.34. The molecule has 192 valence electrons. The molecule has 0 aliphatic carbocycles. The molecule has 0 bridgehead atoms. The first-order valence-electron chi connectivity index (χ1n) is 11.2. The van der Waals surface area contributed by atoms with Gasteiger partial charge in [0, 0.05) is 17.1 Å². The van der Waals surface area contributed by atoms with Crippen molar-refractivity contribution in [3.05, 3.63) is 41.2 Å². The van der Waals surface area contributed by atoms with Gasteiger partial charge < -0.3 is 21.1 Å². The smallest absolute Gasteiger partial charge is 0.372 e. The SMILES string of the molecule is Cc1cc2c(C(N)=O)nn(CC(=O)N3[C@H](C)CC[C@H]3C(O)Nc3cncc(C(F)(F)F)n3)c2c(C)n1. The van der Waals surface area contributed by atoms with Crippen molar-refractivity contribution in [1.82, 2.24) is 29.6 Å². The number of aromatic nitrogens is 5. The Labute approximate surface area is 203 Å². The van der Waals surface area contributed by atoms with Crippen LogP contribution in [0.25, 0.3) is 10.9 Å². The van der Waals surface area contributed by atoms with Gasteiger partial charge in [-0.05, 0) is 39.7 Å². The molecule has 1 aliphatic rings. The van der Waals surface area contributed by atoms with Gasteiger partial charge in [0.2, 0.25) is 5.91 Å². The maximum Gasteiger partial charge on any atom is 0.434 e. The van der Waals surface area contributed by atoms with Crippen LogP contribution in [0.5, 0.6) is 0 Å². The number of anilines is 1. The van der Waals surface area contributed by atoms with E-state index in [1.807, 2.05) is 0 Å². The van der Waals surface area contributed by atoms with Crippen molar-refractivity contribution >= 4 is 28.5 Å². The summed E-state index contributed by atoms with van der Waals surface area (Å²) in [7, 11) is 0. The number of rotatable bonds is 6. The summed E-state index contributed by atoms with van der Waals surface area (Å²) in [5, 5.41) is 18.0. The summed E-state index contributed by atoms with van der Waals surface area (Å²) in [6, 6.07) is 0.662. The molecule has 3 aromatic rings. The lowest BCUT2D eigenvalue weighted by Gasteiger charge is -2.32. The van der Waals surface area contributed by atoms with Crippen LogP contribution in [0.2, 0.25) is 0 Å². The fourth-order valence-electron chi connectivity index (χ4n) is 4.64. The van der Waals surface area contributed by atoms with Gasteiger partial charge in [-0.15, -0.1) is 0 Å². The van der Waals surface area contributed by atoms with Crippen molar-refractivity contribution in [3.63, 3.8) is 0 Å². The Morgan fingerprint density at radius 2 is 1.97 bits per heavy atom. The molecule has 3 atom stereocenters. The summed E-state index contributed by atoms with van der Waals surface area (Å²) in [6.07, 6.45) is -3.49. The first-order chi connectivity index (χ1) is 16.9. The molecule has 4 N–H and O–H groups in total. The Morgan fingerprint density at radius 3 is 2.64 bits per heavy atom. The number of hydrogen-bond donors (Lipinski definition) is 3. The number of aryl methyl sites for hydroxylation is 2. The second-order valence-electron chi connectivity index (χ2n) is 8.79. The van der Waals surface area contributed by atoms with Crippen molar-refractivity contribution < 1.29 is 27.9 Å². The van der Waals surface area contributed by atoms with E-state index in [0.29, 0.717) is 41.3 Å². The lowest BCUT2D eigenvalue weighted by atomic mass is 10.1. The van der Waals surface area contributed by atoms with Gasteiger partial charge in [0.05, 0.1) is 29.6 Å². The molecule has 11 nitrogen and oxygen atoms in total. The molecule has 4 rings (SSSR count). The van der Waals surface area contributed by atoms with Crippen molar-refractivity contribution in [2.75, 3.05) is 5.32 Å². The highest BCUT2D eigenvalue weighted by molar-refractivity contribution is 6.04. The van der Waals surface area contributed by atoms with Crippen LogP contribution in [0.15, 0.2) is 18.5 Å². The topological polar surface area (TPSA) is 152 Å². The Balaban J connectivity index is 1.58. The number of primary amides is 1. The Hall–Kier alpha value is -3.81. The normalized spacial score (nSPS) is 19.0. The van der Waals surface area contributed by atoms with Gasteiger partial charge in [-0.25, -0.2) is 4.98 Å². The Kier molecular flexibility index (Phi) is 6.56. The van der Waals surface area contributed by atoms with Gasteiger partial charge in [-0.3, -0.25) is 24.2 Å². The van der Waals surface area contributed by atoms with Crippen LogP contribution in [0, 0.1) is 13.8 Å². The molecular formula is C22H25F3N8O3. The highest BCUT2D eigenvalue weighted by Gasteiger charge is 2.39. The third kappa shape index (κ3) is 4.80. The maximum atomic E-state index is 13.4. The van der Waals surface area contributed by atoms with E-state index in [1.54, 1.807) is 26.8 Å². The minimum Gasteiger partial charge on any atom is -0.372 e. The predicted octanol–water partition coefficient (Wildman–Crippen LogP) is 1.77. The van der Waals surface area contributed by atoms with E-state index in [9.17, 15) is 27.9 Å². The van der Waals surface area contributed by atoms with Crippen molar-refractivity contribution in [1.29, 1.82) is 0 Å². The average molecular weight is 506 g/mol. The molecule has 0 spiro atoms. The summed E-state index contributed by atoms with van der Waals surface area (Å²) in [5.41, 5.74) is 6.01. The maximum absolute atomic E-state index is 13.4. The molecule has 1 fully saturated rings. The molecule has 0 aromatic carbocycles. The van der Waals surface area contributed by atoms with Crippen molar-refractivity contribution in [2.45, 2.75) is 64.6 Å². The van der Waals surface area contributed by atoms with E-state index in [-0.39, 0.29) is 24.1 Å². The lowest BCUT2D eigenvalue weighted by Crippen LogP contribution is -2.49. The van der Waals surface area contributed by atoms with Crippen LogP contribution >= 0.6 is 0 Å². The summed E-state index contributed by atoms with van der Waals surface area (Å²) in [6.45, 7) is 5.04.